The Morgan fingerprint density at radius 2 is 1.24 bits per heavy atom. The second kappa shape index (κ2) is 3.73. The molecule has 0 atom stereocenters. The summed E-state index contributed by atoms with van der Waals surface area (Å²) in [7, 11) is 0. The van der Waals surface area contributed by atoms with Crippen molar-refractivity contribution in [3.05, 3.63) is 72.3 Å². The molecule has 0 radical (unpaired) electrons. The third-order valence-corrected chi connectivity index (χ3v) is 4.72. The van der Waals surface area contributed by atoms with E-state index >= 15 is 0 Å². The molecular weight excluding hydrogens is 252 g/mol. The van der Waals surface area contributed by atoms with Gasteiger partial charge in [-0.25, -0.2) is 0 Å². The van der Waals surface area contributed by atoms with Gasteiger partial charge in [-0.2, -0.15) is 0 Å². The van der Waals surface area contributed by atoms with E-state index in [4.69, 9.17) is 0 Å². The Hall–Kier alpha value is -2.60. The van der Waals surface area contributed by atoms with Crippen LogP contribution in [0.25, 0.3) is 43.8 Å². The van der Waals surface area contributed by atoms with Gasteiger partial charge in [-0.1, -0.05) is 54.6 Å². The van der Waals surface area contributed by atoms with Gasteiger partial charge in [0, 0.05) is 0 Å². The lowest BCUT2D eigenvalue weighted by Gasteiger charge is -2.05. The van der Waals surface area contributed by atoms with Crippen LogP contribution in [0.4, 0.5) is 0 Å². The Morgan fingerprint density at radius 3 is 1.95 bits per heavy atom. The van der Waals surface area contributed by atoms with Gasteiger partial charge in [0.25, 0.3) is 0 Å². The summed E-state index contributed by atoms with van der Waals surface area (Å²) in [5.41, 5.74) is 6.87. The lowest BCUT2D eigenvalue weighted by molar-refractivity contribution is 1.54. The Kier molecular flexibility index (Phi) is 1.97. The van der Waals surface area contributed by atoms with Crippen molar-refractivity contribution in [3.63, 3.8) is 0 Å². The quantitative estimate of drug-likeness (QED) is 0.325. The van der Waals surface area contributed by atoms with Crippen molar-refractivity contribution >= 4 is 21.5 Å². The third-order valence-electron chi connectivity index (χ3n) is 4.72. The van der Waals surface area contributed by atoms with E-state index < -0.39 is 0 Å². The molecule has 0 saturated carbocycles. The van der Waals surface area contributed by atoms with Crippen LogP contribution in [0.3, 0.4) is 0 Å². The Labute approximate surface area is 123 Å². The van der Waals surface area contributed by atoms with E-state index in [2.05, 4.69) is 73.7 Å². The molecule has 0 N–H and O–H groups in total. The van der Waals surface area contributed by atoms with Crippen LogP contribution < -0.4 is 0 Å². The zero-order chi connectivity index (χ0) is 14.0. The predicted octanol–water partition coefficient (Wildman–Crippen LogP) is 5.95. The van der Waals surface area contributed by atoms with Gasteiger partial charge in [-0.3, -0.25) is 0 Å². The molecule has 1 aliphatic rings. The Morgan fingerprint density at radius 1 is 0.571 bits per heavy atom. The van der Waals surface area contributed by atoms with E-state index in [-0.39, 0.29) is 0 Å². The fraction of sp³-hybridized carbons (Fsp3) is 0.0476. The van der Waals surface area contributed by atoms with Gasteiger partial charge in [0.1, 0.15) is 0 Å². The summed E-state index contributed by atoms with van der Waals surface area (Å²) in [5, 5.41) is 5.43. The van der Waals surface area contributed by atoms with Crippen molar-refractivity contribution in [1.29, 1.82) is 0 Å². The first-order valence-corrected chi connectivity index (χ1v) is 7.39. The molecule has 0 aliphatic heterocycles. The Balaban J connectivity index is 2.01. The molecular formula is C21H14. The van der Waals surface area contributed by atoms with Gasteiger partial charge >= 0.3 is 0 Å². The van der Waals surface area contributed by atoms with E-state index in [9.17, 15) is 0 Å². The van der Waals surface area contributed by atoms with Crippen LogP contribution in [-0.4, -0.2) is 0 Å². The highest BCUT2D eigenvalue weighted by Crippen LogP contribution is 2.48. The normalized spacial score (nSPS) is 12.0. The van der Waals surface area contributed by atoms with Crippen LogP contribution in [0.1, 0.15) is 5.56 Å². The fourth-order valence-corrected chi connectivity index (χ4v) is 3.69. The van der Waals surface area contributed by atoms with Gasteiger partial charge in [0.15, 0.2) is 0 Å². The molecule has 0 nitrogen and oxygen atoms in total. The summed E-state index contributed by atoms with van der Waals surface area (Å²) >= 11 is 0. The topological polar surface area (TPSA) is 0 Å². The summed E-state index contributed by atoms with van der Waals surface area (Å²) in [5.74, 6) is 0. The van der Waals surface area contributed by atoms with E-state index in [0.717, 1.165) is 0 Å². The maximum atomic E-state index is 2.34. The van der Waals surface area contributed by atoms with Crippen LogP contribution in [0.2, 0.25) is 0 Å². The van der Waals surface area contributed by atoms with Crippen LogP contribution in [0.5, 0.6) is 0 Å². The van der Waals surface area contributed by atoms with Crippen molar-refractivity contribution in [2.45, 2.75) is 6.92 Å². The van der Waals surface area contributed by atoms with Gasteiger partial charge in [0.2, 0.25) is 0 Å². The molecule has 1 aliphatic carbocycles. The lowest BCUT2D eigenvalue weighted by atomic mass is 9.99. The highest BCUT2D eigenvalue weighted by atomic mass is 14.2. The lowest BCUT2D eigenvalue weighted by Crippen LogP contribution is -1.79. The third kappa shape index (κ3) is 1.34. The van der Waals surface area contributed by atoms with Crippen LogP contribution >= 0.6 is 0 Å². The summed E-state index contributed by atoms with van der Waals surface area (Å²) < 4.78 is 0. The highest BCUT2D eigenvalue weighted by molar-refractivity contribution is 6.17. The molecule has 0 amide bonds. The van der Waals surface area contributed by atoms with Gasteiger partial charge in [0.05, 0.1) is 0 Å². The van der Waals surface area contributed by atoms with Crippen LogP contribution in [0.15, 0.2) is 66.7 Å². The molecule has 0 fully saturated rings. The van der Waals surface area contributed by atoms with Gasteiger partial charge in [-0.05, 0) is 68.4 Å². The van der Waals surface area contributed by atoms with Crippen molar-refractivity contribution in [2.75, 3.05) is 0 Å². The molecule has 5 rings (SSSR count). The molecule has 0 aromatic heterocycles. The van der Waals surface area contributed by atoms with Crippen molar-refractivity contribution in [1.82, 2.24) is 0 Å². The van der Waals surface area contributed by atoms with E-state index in [1.165, 1.54) is 49.4 Å². The molecule has 0 heterocycles. The van der Waals surface area contributed by atoms with Crippen molar-refractivity contribution in [2.24, 2.45) is 0 Å². The molecule has 0 bridgehead atoms. The minimum Gasteiger partial charge on any atom is -0.0616 e. The van der Waals surface area contributed by atoms with Crippen LogP contribution in [0, 0.1) is 6.92 Å². The molecule has 0 saturated heterocycles. The SMILES string of the molecule is Cc1ccc2c3c(cccc13)-c1cc3ccccc3cc1-2. The number of fused-ring (bicyclic) bond motifs is 4. The molecule has 0 spiro atoms. The van der Waals surface area contributed by atoms with E-state index in [1.54, 1.807) is 0 Å². The summed E-state index contributed by atoms with van der Waals surface area (Å²) in [6, 6.07) is 24.5. The number of rotatable bonds is 0. The number of benzene rings is 4. The second-order valence-electron chi connectivity index (χ2n) is 5.90. The zero-order valence-electron chi connectivity index (χ0n) is 11.9. The molecule has 4 aromatic rings. The fourth-order valence-electron chi connectivity index (χ4n) is 3.69. The van der Waals surface area contributed by atoms with Gasteiger partial charge < -0.3 is 0 Å². The zero-order valence-corrected chi connectivity index (χ0v) is 11.9. The first-order chi connectivity index (χ1) is 10.3. The smallest absolute Gasteiger partial charge is 0.00237 e. The standard InChI is InChI=1S/C21H14/c1-13-9-10-18-20-12-15-6-3-2-5-14(15)11-19(20)17-8-4-7-16(13)21(17)18/h2-12H,1H3. The second-order valence-corrected chi connectivity index (χ2v) is 5.90. The minimum atomic E-state index is 1.32. The van der Waals surface area contributed by atoms with Crippen molar-refractivity contribution in [3.8, 4) is 22.3 Å². The number of hydrogen-bond acceptors (Lipinski definition) is 0. The molecule has 0 unspecified atom stereocenters. The monoisotopic (exact) mass is 266 g/mol. The Bertz CT molecular complexity index is 990. The van der Waals surface area contributed by atoms with E-state index in [0.29, 0.717) is 0 Å². The van der Waals surface area contributed by atoms with Crippen LogP contribution in [-0.2, 0) is 0 Å². The highest BCUT2D eigenvalue weighted by Gasteiger charge is 2.21. The first-order valence-electron chi connectivity index (χ1n) is 7.39. The molecule has 4 aromatic carbocycles. The average molecular weight is 266 g/mol. The van der Waals surface area contributed by atoms with E-state index in [1.807, 2.05) is 0 Å². The van der Waals surface area contributed by atoms with Gasteiger partial charge in [-0.15, -0.1) is 0 Å². The summed E-state index contributed by atoms with van der Waals surface area (Å²) in [6.45, 7) is 2.20. The summed E-state index contributed by atoms with van der Waals surface area (Å²) in [6.07, 6.45) is 0. The largest absolute Gasteiger partial charge is 0.0616 e. The maximum absolute atomic E-state index is 2.34. The number of aryl methyl sites for hydroxylation is 1. The molecule has 21 heavy (non-hydrogen) atoms. The minimum absolute atomic E-state index is 1.32. The van der Waals surface area contributed by atoms with Crippen molar-refractivity contribution < 1.29 is 0 Å². The number of hydrogen-bond donors (Lipinski definition) is 0. The maximum Gasteiger partial charge on any atom is -0.00237 e. The first kappa shape index (κ1) is 11.1. The summed E-state index contributed by atoms with van der Waals surface area (Å²) in [4.78, 5) is 0. The molecule has 98 valence electrons. The molecule has 0 heteroatoms. The predicted molar refractivity (Wildman–Crippen MR) is 90.6 cm³/mol. The average Bonchev–Trinajstić information content (AvgIpc) is 2.84.